The van der Waals surface area contributed by atoms with Crippen molar-refractivity contribution in [2.24, 2.45) is 0 Å². The molecule has 2 rings (SSSR count). The molecule has 0 saturated carbocycles. The van der Waals surface area contributed by atoms with Crippen molar-refractivity contribution < 1.29 is 0 Å². The van der Waals surface area contributed by atoms with Crippen LogP contribution in [0.5, 0.6) is 0 Å². The Labute approximate surface area is 88.8 Å². The summed E-state index contributed by atoms with van der Waals surface area (Å²) in [7, 11) is 0. The van der Waals surface area contributed by atoms with Crippen LogP contribution in [0.2, 0.25) is 0 Å². The monoisotopic (exact) mass is 202 g/mol. The van der Waals surface area contributed by atoms with E-state index >= 15 is 0 Å². The van der Waals surface area contributed by atoms with E-state index in [4.69, 9.17) is 11.6 Å². The molecule has 2 aromatic carbocycles. The number of benzene rings is 2. The Morgan fingerprint density at radius 2 is 1.79 bits per heavy atom. The summed E-state index contributed by atoms with van der Waals surface area (Å²) in [6, 6.07) is 14.7. The molecule has 14 heavy (non-hydrogen) atoms. The number of fused-ring (bicyclic) bond motifs is 1. The zero-order valence-corrected chi connectivity index (χ0v) is 8.54. The van der Waals surface area contributed by atoms with Crippen LogP contribution in [-0.2, 0) is 6.42 Å². The Hall–Kier alpha value is -1.27. The summed E-state index contributed by atoms with van der Waals surface area (Å²) in [6.07, 6.45) is 2.86. The second-order valence-corrected chi connectivity index (χ2v) is 3.46. The molecule has 0 aliphatic carbocycles. The second-order valence-electron chi connectivity index (χ2n) is 3.20. The van der Waals surface area contributed by atoms with Crippen molar-refractivity contribution in [2.75, 3.05) is 0 Å². The summed E-state index contributed by atoms with van der Waals surface area (Å²) in [6.45, 7) is 0. The molecule has 0 unspecified atom stereocenters. The Kier molecular flexibility index (Phi) is 2.85. The van der Waals surface area contributed by atoms with Crippen LogP contribution in [0.25, 0.3) is 10.8 Å². The Morgan fingerprint density at radius 3 is 2.64 bits per heavy atom. The van der Waals surface area contributed by atoms with Gasteiger partial charge in [-0.05, 0) is 22.8 Å². The molecule has 0 bridgehead atoms. The maximum atomic E-state index is 5.52. The van der Waals surface area contributed by atoms with Crippen molar-refractivity contribution in [2.45, 2.75) is 6.42 Å². The van der Waals surface area contributed by atoms with Crippen LogP contribution in [0.4, 0.5) is 0 Å². The van der Waals surface area contributed by atoms with Crippen LogP contribution in [0, 0.1) is 0 Å². The number of allylic oxidation sites excluding steroid dienone is 1. The number of rotatable bonds is 2. The molecule has 0 aliphatic rings. The van der Waals surface area contributed by atoms with Gasteiger partial charge in [0.15, 0.2) is 0 Å². The van der Waals surface area contributed by atoms with E-state index in [1.165, 1.54) is 16.3 Å². The van der Waals surface area contributed by atoms with E-state index in [2.05, 4.69) is 42.5 Å². The number of halogens is 1. The number of hydrogen-bond donors (Lipinski definition) is 0. The predicted molar refractivity (Wildman–Crippen MR) is 62.6 cm³/mol. The molecule has 0 aliphatic heterocycles. The first kappa shape index (κ1) is 9.29. The zero-order chi connectivity index (χ0) is 9.80. The lowest BCUT2D eigenvalue weighted by Crippen LogP contribution is -1.83. The third-order valence-corrected chi connectivity index (χ3v) is 2.48. The molecule has 0 radical (unpaired) electrons. The minimum Gasteiger partial charge on any atom is -0.0933 e. The summed E-state index contributed by atoms with van der Waals surface area (Å²) >= 11 is 5.52. The molecule has 0 saturated heterocycles. The molecule has 2 aromatic rings. The van der Waals surface area contributed by atoms with Gasteiger partial charge in [0.25, 0.3) is 0 Å². The number of hydrogen-bond acceptors (Lipinski definition) is 0. The van der Waals surface area contributed by atoms with Crippen LogP contribution in [0.1, 0.15) is 5.56 Å². The summed E-state index contributed by atoms with van der Waals surface area (Å²) in [5, 5.41) is 2.60. The van der Waals surface area contributed by atoms with E-state index in [9.17, 15) is 0 Å². The van der Waals surface area contributed by atoms with E-state index in [0.717, 1.165) is 6.42 Å². The van der Waals surface area contributed by atoms with E-state index in [0.29, 0.717) is 0 Å². The summed E-state index contributed by atoms with van der Waals surface area (Å²) in [4.78, 5) is 0. The highest BCUT2D eigenvalue weighted by Crippen LogP contribution is 2.18. The second kappa shape index (κ2) is 4.30. The van der Waals surface area contributed by atoms with E-state index in [1.807, 2.05) is 6.08 Å². The van der Waals surface area contributed by atoms with Crippen molar-refractivity contribution in [1.29, 1.82) is 0 Å². The van der Waals surface area contributed by atoms with Gasteiger partial charge in [0.2, 0.25) is 0 Å². The van der Waals surface area contributed by atoms with Gasteiger partial charge in [-0.15, -0.1) is 0 Å². The topological polar surface area (TPSA) is 0 Å². The van der Waals surface area contributed by atoms with Crippen molar-refractivity contribution >= 4 is 22.4 Å². The van der Waals surface area contributed by atoms with Gasteiger partial charge in [0.05, 0.1) is 0 Å². The zero-order valence-electron chi connectivity index (χ0n) is 7.78. The molecule has 70 valence electrons. The smallest absolute Gasteiger partial charge is 0.000580 e. The molecular weight excluding hydrogens is 192 g/mol. The standard InChI is InChI=1S/C13H11Cl/c14-10-4-8-12-7-3-6-11-5-1-2-9-13(11)12/h1-7,9-10H,8H2. The highest BCUT2D eigenvalue weighted by Gasteiger charge is 1.96. The van der Waals surface area contributed by atoms with Crippen LogP contribution in [-0.4, -0.2) is 0 Å². The first-order chi connectivity index (χ1) is 6.92. The van der Waals surface area contributed by atoms with E-state index in [1.54, 1.807) is 5.54 Å². The molecule has 0 atom stereocenters. The Bertz CT molecular complexity index is 452. The fourth-order valence-electron chi connectivity index (χ4n) is 1.64. The van der Waals surface area contributed by atoms with Crippen LogP contribution >= 0.6 is 11.6 Å². The largest absolute Gasteiger partial charge is 0.0933 e. The molecule has 0 fully saturated rings. The highest BCUT2D eigenvalue weighted by atomic mass is 35.5. The molecular formula is C13H11Cl. The molecule has 0 N–H and O–H groups in total. The van der Waals surface area contributed by atoms with E-state index in [-0.39, 0.29) is 0 Å². The van der Waals surface area contributed by atoms with Gasteiger partial charge in [-0.1, -0.05) is 60.1 Å². The minimum absolute atomic E-state index is 0.894. The lowest BCUT2D eigenvalue weighted by molar-refractivity contribution is 1.31. The van der Waals surface area contributed by atoms with Gasteiger partial charge >= 0.3 is 0 Å². The quantitative estimate of drug-likeness (QED) is 0.687. The van der Waals surface area contributed by atoms with Gasteiger partial charge in [0, 0.05) is 5.54 Å². The fourth-order valence-corrected chi connectivity index (χ4v) is 1.73. The summed E-state index contributed by atoms with van der Waals surface area (Å²) in [5.41, 5.74) is 2.89. The van der Waals surface area contributed by atoms with Crippen molar-refractivity contribution in [3.05, 3.63) is 59.6 Å². The Morgan fingerprint density at radius 1 is 1.00 bits per heavy atom. The maximum Gasteiger partial charge on any atom is 0.000580 e. The lowest BCUT2D eigenvalue weighted by Gasteiger charge is -2.02. The first-order valence-electron chi connectivity index (χ1n) is 4.63. The fraction of sp³-hybridized carbons (Fsp3) is 0.0769. The molecule has 0 spiro atoms. The van der Waals surface area contributed by atoms with Gasteiger partial charge in [-0.25, -0.2) is 0 Å². The lowest BCUT2D eigenvalue weighted by atomic mass is 10.0. The first-order valence-corrected chi connectivity index (χ1v) is 5.07. The molecule has 0 aromatic heterocycles. The van der Waals surface area contributed by atoms with Gasteiger partial charge in [-0.2, -0.15) is 0 Å². The highest BCUT2D eigenvalue weighted by molar-refractivity contribution is 6.25. The van der Waals surface area contributed by atoms with Gasteiger partial charge < -0.3 is 0 Å². The van der Waals surface area contributed by atoms with Gasteiger partial charge in [-0.3, -0.25) is 0 Å². The third kappa shape index (κ3) is 1.80. The maximum absolute atomic E-state index is 5.52. The molecule has 1 heteroatoms. The molecule has 0 nitrogen and oxygen atoms in total. The Balaban J connectivity index is 2.53. The van der Waals surface area contributed by atoms with Crippen LogP contribution < -0.4 is 0 Å². The molecule has 0 heterocycles. The van der Waals surface area contributed by atoms with Crippen LogP contribution in [0.15, 0.2) is 54.1 Å². The summed E-state index contributed by atoms with van der Waals surface area (Å²) in [5.74, 6) is 0. The van der Waals surface area contributed by atoms with Crippen molar-refractivity contribution in [3.8, 4) is 0 Å². The van der Waals surface area contributed by atoms with Crippen molar-refractivity contribution in [1.82, 2.24) is 0 Å². The predicted octanol–water partition coefficient (Wildman–Crippen LogP) is 4.13. The average molecular weight is 203 g/mol. The van der Waals surface area contributed by atoms with Crippen molar-refractivity contribution in [3.63, 3.8) is 0 Å². The van der Waals surface area contributed by atoms with Gasteiger partial charge in [0.1, 0.15) is 0 Å². The van der Waals surface area contributed by atoms with E-state index < -0.39 is 0 Å². The minimum atomic E-state index is 0.894. The van der Waals surface area contributed by atoms with Crippen LogP contribution in [0.3, 0.4) is 0 Å². The SMILES string of the molecule is ClC=CCc1cccc2ccccc12. The summed E-state index contributed by atoms with van der Waals surface area (Å²) < 4.78 is 0. The normalized spacial score (nSPS) is 11.2. The molecule has 0 amide bonds. The third-order valence-electron chi connectivity index (χ3n) is 2.31. The average Bonchev–Trinajstić information content (AvgIpc) is 2.26.